The summed E-state index contributed by atoms with van der Waals surface area (Å²) >= 11 is 0. The Morgan fingerprint density at radius 3 is 3.00 bits per heavy atom. The van der Waals surface area contributed by atoms with Crippen molar-refractivity contribution in [1.29, 1.82) is 0 Å². The van der Waals surface area contributed by atoms with Crippen molar-refractivity contribution in [1.82, 2.24) is 15.3 Å². The minimum atomic E-state index is -0.251. The predicted octanol–water partition coefficient (Wildman–Crippen LogP) is 0.579. The van der Waals surface area contributed by atoms with E-state index >= 15 is 0 Å². The number of aliphatic hydroxyl groups excluding tert-OH is 1. The summed E-state index contributed by atoms with van der Waals surface area (Å²) in [4.78, 5) is 7.15. The van der Waals surface area contributed by atoms with E-state index in [1.54, 1.807) is 6.33 Å². The van der Waals surface area contributed by atoms with Crippen molar-refractivity contribution in [3.63, 3.8) is 0 Å². The molecule has 13 heavy (non-hydrogen) atoms. The van der Waals surface area contributed by atoms with Crippen molar-refractivity contribution in [2.24, 2.45) is 0 Å². The maximum absolute atomic E-state index is 9.27. The van der Waals surface area contributed by atoms with Gasteiger partial charge in [-0.25, -0.2) is 4.98 Å². The van der Waals surface area contributed by atoms with Crippen LogP contribution >= 0.6 is 0 Å². The number of aromatic amines is 1. The van der Waals surface area contributed by atoms with Gasteiger partial charge in [0.15, 0.2) is 0 Å². The maximum Gasteiger partial charge on any atom is 0.0925 e. The van der Waals surface area contributed by atoms with Crippen molar-refractivity contribution in [2.75, 3.05) is 6.54 Å². The van der Waals surface area contributed by atoms with Crippen molar-refractivity contribution in [2.45, 2.75) is 32.9 Å². The summed E-state index contributed by atoms with van der Waals surface area (Å²) in [6.45, 7) is 5.29. The van der Waals surface area contributed by atoms with Crippen LogP contribution in [0.1, 0.15) is 24.7 Å². The first-order valence-corrected chi connectivity index (χ1v) is 4.61. The van der Waals surface area contributed by atoms with Crippen LogP contribution in [-0.2, 0) is 6.54 Å². The molecule has 1 unspecified atom stereocenters. The van der Waals surface area contributed by atoms with E-state index in [0.717, 1.165) is 17.8 Å². The van der Waals surface area contributed by atoms with Crippen LogP contribution in [0.2, 0.25) is 0 Å². The van der Waals surface area contributed by atoms with Crippen LogP contribution in [-0.4, -0.2) is 27.7 Å². The number of aliphatic hydroxyl groups is 1. The molecule has 0 aromatic carbocycles. The molecule has 0 saturated carbocycles. The average Bonchev–Trinajstić information content (AvgIpc) is 2.52. The molecule has 0 fully saturated rings. The van der Waals surface area contributed by atoms with Crippen LogP contribution in [0.3, 0.4) is 0 Å². The second-order valence-electron chi connectivity index (χ2n) is 3.17. The molecule has 1 aromatic rings. The molecule has 4 nitrogen and oxygen atoms in total. The number of nitrogens with zero attached hydrogens (tertiary/aromatic N) is 1. The van der Waals surface area contributed by atoms with Gasteiger partial charge in [0.05, 0.1) is 18.1 Å². The van der Waals surface area contributed by atoms with E-state index in [2.05, 4.69) is 15.3 Å². The van der Waals surface area contributed by atoms with Gasteiger partial charge in [-0.2, -0.15) is 0 Å². The molecular formula is C9H17N3O. The minimum absolute atomic E-state index is 0.251. The van der Waals surface area contributed by atoms with E-state index in [4.69, 9.17) is 0 Å². The van der Waals surface area contributed by atoms with Gasteiger partial charge in [-0.1, -0.05) is 6.92 Å². The second-order valence-corrected chi connectivity index (χ2v) is 3.17. The highest BCUT2D eigenvalue weighted by Gasteiger charge is 2.02. The summed E-state index contributed by atoms with van der Waals surface area (Å²) in [5.74, 6) is 0. The number of rotatable bonds is 5. The Balaban J connectivity index is 2.24. The average molecular weight is 183 g/mol. The zero-order valence-electron chi connectivity index (χ0n) is 8.17. The third-order valence-corrected chi connectivity index (χ3v) is 2.08. The van der Waals surface area contributed by atoms with Gasteiger partial charge in [-0.05, 0) is 13.3 Å². The number of imidazole rings is 1. The highest BCUT2D eigenvalue weighted by molar-refractivity contribution is 5.07. The molecule has 1 atom stereocenters. The first-order valence-electron chi connectivity index (χ1n) is 4.61. The number of aryl methyl sites for hydroxylation is 1. The monoisotopic (exact) mass is 183 g/mol. The first-order chi connectivity index (χ1) is 6.24. The normalized spacial score (nSPS) is 13.2. The smallest absolute Gasteiger partial charge is 0.0925 e. The lowest BCUT2D eigenvalue weighted by Crippen LogP contribution is -2.26. The van der Waals surface area contributed by atoms with Crippen LogP contribution in [0.5, 0.6) is 0 Å². The van der Waals surface area contributed by atoms with Crippen LogP contribution in [0.15, 0.2) is 6.33 Å². The Hall–Kier alpha value is -0.870. The highest BCUT2D eigenvalue weighted by Crippen LogP contribution is 1.99. The molecular weight excluding hydrogens is 166 g/mol. The van der Waals surface area contributed by atoms with E-state index in [1.165, 1.54) is 0 Å². The molecule has 0 spiro atoms. The van der Waals surface area contributed by atoms with Gasteiger partial charge < -0.3 is 15.4 Å². The molecule has 4 heteroatoms. The van der Waals surface area contributed by atoms with Crippen molar-refractivity contribution < 1.29 is 5.11 Å². The fourth-order valence-electron chi connectivity index (χ4n) is 1.07. The van der Waals surface area contributed by atoms with E-state index in [9.17, 15) is 5.11 Å². The fraction of sp³-hybridized carbons (Fsp3) is 0.667. The maximum atomic E-state index is 9.27. The molecule has 0 aliphatic rings. The molecule has 1 aromatic heterocycles. The third-order valence-electron chi connectivity index (χ3n) is 2.08. The van der Waals surface area contributed by atoms with Gasteiger partial charge in [-0.3, -0.25) is 0 Å². The molecule has 3 N–H and O–H groups in total. The predicted molar refractivity (Wildman–Crippen MR) is 51.3 cm³/mol. The Morgan fingerprint density at radius 2 is 2.46 bits per heavy atom. The zero-order valence-corrected chi connectivity index (χ0v) is 8.17. The molecule has 0 amide bonds. The van der Waals surface area contributed by atoms with Crippen LogP contribution in [0, 0.1) is 6.92 Å². The third kappa shape index (κ3) is 3.16. The van der Waals surface area contributed by atoms with E-state index in [0.29, 0.717) is 13.1 Å². The summed E-state index contributed by atoms with van der Waals surface area (Å²) < 4.78 is 0. The standard InChI is InChI=1S/C9H17N3O/c1-3-8(13)4-10-5-9-7(2)11-6-12-9/h6,8,10,13H,3-5H2,1-2H3,(H,11,12). The van der Waals surface area contributed by atoms with Crippen LogP contribution in [0.25, 0.3) is 0 Å². The van der Waals surface area contributed by atoms with Gasteiger partial charge in [0.25, 0.3) is 0 Å². The largest absolute Gasteiger partial charge is 0.392 e. The van der Waals surface area contributed by atoms with Crippen molar-refractivity contribution in [3.8, 4) is 0 Å². The van der Waals surface area contributed by atoms with E-state index in [-0.39, 0.29) is 6.10 Å². The number of hydrogen-bond acceptors (Lipinski definition) is 3. The van der Waals surface area contributed by atoms with Gasteiger partial charge in [-0.15, -0.1) is 0 Å². The van der Waals surface area contributed by atoms with Crippen LogP contribution in [0.4, 0.5) is 0 Å². The Bertz CT molecular complexity index is 247. The zero-order chi connectivity index (χ0) is 9.68. The van der Waals surface area contributed by atoms with Gasteiger partial charge >= 0.3 is 0 Å². The number of aromatic nitrogens is 2. The molecule has 0 bridgehead atoms. The molecule has 74 valence electrons. The summed E-state index contributed by atoms with van der Waals surface area (Å²) in [6, 6.07) is 0. The van der Waals surface area contributed by atoms with E-state index in [1.807, 2.05) is 13.8 Å². The lowest BCUT2D eigenvalue weighted by molar-refractivity contribution is 0.167. The number of nitrogens with one attached hydrogen (secondary N) is 2. The van der Waals surface area contributed by atoms with Gasteiger partial charge in [0.2, 0.25) is 0 Å². The SMILES string of the molecule is CCC(O)CNCc1nc[nH]c1C. The Morgan fingerprint density at radius 1 is 1.69 bits per heavy atom. The van der Waals surface area contributed by atoms with Gasteiger partial charge in [0.1, 0.15) is 0 Å². The lowest BCUT2D eigenvalue weighted by atomic mass is 10.2. The molecule has 0 aliphatic heterocycles. The topological polar surface area (TPSA) is 60.9 Å². The quantitative estimate of drug-likeness (QED) is 0.625. The summed E-state index contributed by atoms with van der Waals surface area (Å²) in [5.41, 5.74) is 2.10. The summed E-state index contributed by atoms with van der Waals surface area (Å²) in [6.07, 6.45) is 2.22. The van der Waals surface area contributed by atoms with Crippen molar-refractivity contribution in [3.05, 3.63) is 17.7 Å². The van der Waals surface area contributed by atoms with Gasteiger partial charge in [0, 0.05) is 18.8 Å². The second kappa shape index (κ2) is 4.99. The number of H-pyrrole nitrogens is 1. The molecule has 1 rings (SSSR count). The Kier molecular flexibility index (Phi) is 3.92. The molecule has 0 saturated heterocycles. The first kappa shape index (κ1) is 10.2. The Labute approximate surface area is 78.4 Å². The number of hydrogen-bond donors (Lipinski definition) is 3. The van der Waals surface area contributed by atoms with Crippen molar-refractivity contribution >= 4 is 0 Å². The highest BCUT2D eigenvalue weighted by atomic mass is 16.3. The fourth-order valence-corrected chi connectivity index (χ4v) is 1.07. The summed E-state index contributed by atoms with van der Waals surface area (Å²) in [7, 11) is 0. The molecule has 1 heterocycles. The molecule has 0 aliphatic carbocycles. The van der Waals surface area contributed by atoms with Crippen LogP contribution < -0.4 is 5.32 Å². The minimum Gasteiger partial charge on any atom is -0.392 e. The summed E-state index contributed by atoms with van der Waals surface area (Å²) in [5, 5.41) is 12.4. The molecule has 0 radical (unpaired) electrons. The lowest BCUT2D eigenvalue weighted by Gasteiger charge is -2.08. The van der Waals surface area contributed by atoms with E-state index < -0.39 is 0 Å².